The summed E-state index contributed by atoms with van der Waals surface area (Å²) in [5.74, 6) is 0. The normalized spacial score (nSPS) is 11.7. The van der Waals surface area contributed by atoms with Gasteiger partial charge >= 0.3 is 6.18 Å². The fourth-order valence-corrected chi connectivity index (χ4v) is 2.95. The van der Waals surface area contributed by atoms with Crippen LogP contribution in [0, 0.1) is 11.3 Å². The number of halogens is 3. The van der Waals surface area contributed by atoms with E-state index in [1.165, 1.54) is 24.3 Å². The minimum Gasteiger partial charge on any atom is -0.280 e. The molecule has 2 rings (SSSR count). The minimum atomic E-state index is -4.50. The van der Waals surface area contributed by atoms with Gasteiger partial charge in [-0.1, -0.05) is 12.1 Å². The van der Waals surface area contributed by atoms with Crippen molar-refractivity contribution < 1.29 is 21.6 Å². The van der Waals surface area contributed by atoms with Crippen LogP contribution in [0.5, 0.6) is 0 Å². The summed E-state index contributed by atoms with van der Waals surface area (Å²) in [6.07, 6.45) is -4.50. The molecule has 0 aliphatic rings. The molecule has 0 atom stereocenters. The van der Waals surface area contributed by atoms with Gasteiger partial charge in [-0.15, -0.1) is 0 Å². The molecule has 8 heteroatoms. The summed E-state index contributed by atoms with van der Waals surface area (Å²) in [7, 11) is -4.06. The van der Waals surface area contributed by atoms with E-state index >= 15 is 0 Å². The van der Waals surface area contributed by atoms with E-state index in [2.05, 4.69) is 4.72 Å². The van der Waals surface area contributed by atoms with Gasteiger partial charge in [-0.05, 0) is 36.4 Å². The molecule has 22 heavy (non-hydrogen) atoms. The highest BCUT2D eigenvalue weighted by Gasteiger charge is 2.30. The highest BCUT2D eigenvalue weighted by molar-refractivity contribution is 7.92. The van der Waals surface area contributed by atoms with E-state index in [0.29, 0.717) is 0 Å². The van der Waals surface area contributed by atoms with Crippen molar-refractivity contribution in [1.82, 2.24) is 0 Å². The van der Waals surface area contributed by atoms with E-state index in [4.69, 9.17) is 5.26 Å². The molecule has 0 aromatic heterocycles. The van der Waals surface area contributed by atoms with Crippen molar-refractivity contribution in [3.63, 3.8) is 0 Å². The van der Waals surface area contributed by atoms with Gasteiger partial charge in [0, 0.05) is 5.69 Å². The lowest BCUT2D eigenvalue weighted by molar-refractivity contribution is -0.137. The van der Waals surface area contributed by atoms with Gasteiger partial charge in [0.25, 0.3) is 10.0 Å². The second kappa shape index (κ2) is 5.69. The highest BCUT2D eigenvalue weighted by atomic mass is 32.2. The highest BCUT2D eigenvalue weighted by Crippen LogP contribution is 2.30. The van der Waals surface area contributed by atoms with Crippen LogP contribution in [0.1, 0.15) is 11.1 Å². The van der Waals surface area contributed by atoms with Gasteiger partial charge in [0.15, 0.2) is 0 Å². The Kier molecular flexibility index (Phi) is 4.10. The van der Waals surface area contributed by atoms with Gasteiger partial charge in [0.05, 0.1) is 11.1 Å². The number of hydrogen-bond acceptors (Lipinski definition) is 3. The molecule has 0 bridgehead atoms. The van der Waals surface area contributed by atoms with Gasteiger partial charge < -0.3 is 0 Å². The van der Waals surface area contributed by atoms with Crippen LogP contribution < -0.4 is 4.72 Å². The van der Waals surface area contributed by atoms with Gasteiger partial charge in [0.1, 0.15) is 11.0 Å². The van der Waals surface area contributed by atoms with Crippen LogP contribution in [0.4, 0.5) is 18.9 Å². The number of anilines is 1. The van der Waals surface area contributed by atoms with E-state index in [-0.39, 0.29) is 16.1 Å². The van der Waals surface area contributed by atoms with Crippen LogP contribution in [0.15, 0.2) is 53.4 Å². The van der Waals surface area contributed by atoms with E-state index in [1.807, 2.05) is 0 Å². The predicted octanol–water partition coefficient (Wildman–Crippen LogP) is 3.38. The molecule has 0 saturated heterocycles. The third kappa shape index (κ3) is 3.38. The Labute approximate surface area is 124 Å². The Morgan fingerprint density at radius 3 is 2.14 bits per heavy atom. The maximum Gasteiger partial charge on any atom is 0.416 e. The molecule has 114 valence electrons. The molecule has 0 unspecified atom stereocenters. The van der Waals surface area contributed by atoms with Crippen LogP contribution >= 0.6 is 0 Å². The molecular weight excluding hydrogens is 317 g/mol. The molecule has 0 fully saturated rings. The molecule has 1 N–H and O–H groups in total. The lowest BCUT2D eigenvalue weighted by atomic mass is 10.2. The van der Waals surface area contributed by atoms with Crippen molar-refractivity contribution in [1.29, 1.82) is 5.26 Å². The molecule has 0 aliphatic carbocycles. The second-order valence-corrected chi connectivity index (χ2v) is 5.94. The zero-order valence-corrected chi connectivity index (χ0v) is 11.7. The van der Waals surface area contributed by atoms with Crippen LogP contribution in [0.25, 0.3) is 0 Å². The predicted molar refractivity (Wildman–Crippen MR) is 73.4 cm³/mol. The number of nitriles is 1. The number of alkyl halides is 3. The summed E-state index contributed by atoms with van der Waals surface area (Å²) >= 11 is 0. The van der Waals surface area contributed by atoms with E-state index < -0.39 is 21.8 Å². The first-order valence-corrected chi connectivity index (χ1v) is 7.41. The van der Waals surface area contributed by atoms with Crippen LogP contribution in [-0.4, -0.2) is 8.42 Å². The number of sulfonamides is 1. The van der Waals surface area contributed by atoms with Crippen molar-refractivity contribution in [2.75, 3.05) is 4.72 Å². The number of nitrogens with one attached hydrogen (secondary N) is 1. The van der Waals surface area contributed by atoms with Crippen molar-refractivity contribution in [3.05, 3.63) is 59.7 Å². The zero-order chi connectivity index (χ0) is 16.4. The fraction of sp³-hybridized carbons (Fsp3) is 0.0714. The molecule has 0 aliphatic heterocycles. The SMILES string of the molecule is N#Cc1ccccc1S(=O)(=O)Nc1ccc(C(F)(F)F)cc1. The van der Waals surface area contributed by atoms with Crippen molar-refractivity contribution in [2.45, 2.75) is 11.1 Å². The quantitative estimate of drug-likeness (QED) is 0.940. The van der Waals surface area contributed by atoms with Crippen molar-refractivity contribution in [3.8, 4) is 6.07 Å². The molecule has 2 aromatic rings. The molecule has 0 saturated carbocycles. The second-order valence-electron chi connectivity index (χ2n) is 4.29. The van der Waals surface area contributed by atoms with Crippen LogP contribution in [-0.2, 0) is 16.2 Å². The molecular formula is C14H9F3N2O2S. The lowest BCUT2D eigenvalue weighted by Gasteiger charge is -2.11. The molecule has 0 radical (unpaired) electrons. The Morgan fingerprint density at radius 2 is 1.59 bits per heavy atom. The number of benzene rings is 2. The average Bonchev–Trinajstić information content (AvgIpc) is 2.46. The van der Waals surface area contributed by atoms with Crippen molar-refractivity contribution in [2.24, 2.45) is 0 Å². The number of nitrogens with zero attached hydrogens (tertiary/aromatic N) is 1. The zero-order valence-electron chi connectivity index (χ0n) is 10.9. The Hall–Kier alpha value is -2.53. The van der Waals surface area contributed by atoms with Crippen LogP contribution in [0.3, 0.4) is 0 Å². The first-order chi connectivity index (χ1) is 10.2. The molecule has 2 aromatic carbocycles. The van der Waals surface area contributed by atoms with Gasteiger partial charge in [-0.3, -0.25) is 4.72 Å². The summed E-state index contributed by atoms with van der Waals surface area (Å²) in [5, 5.41) is 8.91. The summed E-state index contributed by atoms with van der Waals surface area (Å²) in [6.45, 7) is 0. The molecule has 0 amide bonds. The fourth-order valence-electron chi connectivity index (χ4n) is 1.73. The van der Waals surface area contributed by atoms with E-state index in [0.717, 1.165) is 24.3 Å². The number of rotatable bonds is 3. The van der Waals surface area contributed by atoms with Crippen LogP contribution in [0.2, 0.25) is 0 Å². The average molecular weight is 326 g/mol. The van der Waals surface area contributed by atoms with Gasteiger partial charge in [0.2, 0.25) is 0 Å². The number of hydrogen-bond donors (Lipinski definition) is 1. The molecule has 4 nitrogen and oxygen atoms in total. The maximum atomic E-state index is 12.4. The largest absolute Gasteiger partial charge is 0.416 e. The summed E-state index contributed by atoms with van der Waals surface area (Å²) in [5.41, 5.74) is -0.962. The monoisotopic (exact) mass is 326 g/mol. The van der Waals surface area contributed by atoms with E-state index in [9.17, 15) is 21.6 Å². The Morgan fingerprint density at radius 1 is 1.00 bits per heavy atom. The van der Waals surface area contributed by atoms with Gasteiger partial charge in [-0.25, -0.2) is 8.42 Å². The molecule has 0 heterocycles. The summed E-state index contributed by atoms with van der Waals surface area (Å²) < 4.78 is 63.8. The topological polar surface area (TPSA) is 70.0 Å². The standard InChI is InChI=1S/C14H9F3N2O2S/c15-14(16,17)11-5-7-12(8-6-11)19-22(20,21)13-4-2-1-3-10(13)9-18/h1-8,19H. The first kappa shape index (κ1) is 15.9. The van der Waals surface area contributed by atoms with E-state index in [1.54, 1.807) is 6.07 Å². The summed E-state index contributed by atoms with van der Waals surface area (Å²) in [4.78, 5) is -0.239. The Bertz CT molecular complexity index is 822. The smallest absolute Gasteiger partial charge is 0.280 e. The summed E-state index contributed by atoms with van der Waals surface area (Å²) in [6, 6.07) is 10.8. The minimum absolute atomic E-state index is 0.0271. The first-order valence-electron chi connectivity index (χ1n) is 5.93. The third-order valence-corrected chi connectivity index (χ3v) is 4.20. The third-order valence-electron chi connectivity index (χ3n) is 2.76. The van der Waals surface area contributed by atoms with Crippen molar-refractivity contribution >= 4 is 15.7 Å². The lowest BCUT2D eigenvalue weighted by Crippen LogP contribution is -2.14. The Balaban J connectivity index is 2.32. The maximum absolute atomic E-state index is 12.4. The molecule has 0 spiro atoms. The van der Waals surface area contributed by atoms with Gasteiger partial charge in [-0.2, -0.15) is 18.4 Å².